The van der Waals surface area contributed by atoms with Crippen LogP contribution in [0.3, 0.4) is 0 Å². The van der Waals surface area contributed by atoms with E-state index in [0.717, 1.165) is 14.8 Å². The fraction of sp³-hybridized carbons (Fsp3) is 0.297. The number of esters is 1. The average molecular weight is 800 g/mol. The van der Waals surface area contributed by atoms with E-state index in [4.69, 9.17) is 9.47 Å². The molecule has 4 bridgehead atoms. The van der Waals surface area contributed by atoms with Crippen molar-refractivity contribution >= 4 is 49.3 Å². The Morgan fingerprint density at radius 1 is 1.06 bits per heavy atom. The summed E-state index contributed by atoms with van der Waals surface area (Å²) in [6.45, 7) is 7.39. The number of rotatable bonds is 3. The molecular formula is C37H36F2IN3O5S. The Labute approximate surface area is 297 Å². The summed E-state index contributed by atoms with van der Waals surface area (Å²) in [5.74, 6) is -3.18. The minimum atomic E-state index is -4.42. The van der Waals surface area contributed by atoms with Gasteiger partial charge in [-0.1, -0.05) is 38.5 Å². The van der Waals surface area contributed by atoms with E-state index in [1.165, 1.54) is 30.3 Å². The molecule has 0 spiro atoms. The molecule has 0 amide bonds. The number of nitrogens with one attached hydrogen (secondary N) is 2. The molecule has 49 heavy (non-hydrogen) atoms. The summed E-state index contributed by atoms with van der Waals surface area (Å²) in [5, 5.41) is 0.393. The summed E-state index contributed by atoms with van der Waals surface area (Å²) in [6.07, 6.45) is 6.48. The number of allylic oxidation sites excluding steroid dienone is 1. The predicted molar refractivity (Wildman–Crippen MR) is 193 cm³/mol. The maximum atomic E-state index is 15.8. The highest BCUT2D eigenvalue weighted by molar-refractivity contribution is 14.1. The zero-order chi connectivity index (χ0) is 35.1. The van der Waals surface area contributed by atoms with Crippen LogP contribution in [-0.2, 0) is 30.5 Å². The number of nitrogens with zero attached hydrogens (tertiary/aromatic N) is 1. The first-order valence-corrected chi connectivity index (χ1v) is 18.6. The standard InChI is InChI=1S/C37H36F2IN3O5S/c1-5-47-35(44)31-19-36(2,3)13-7-14-37(4,22-8-6-9-23(40)16-22)32-20-42-34(43-32)26-17-24(10-11-28(26)38)48-33-27(21-49(31,45)46)25-12-15-41-30(25)18-29(33)39/h6,8-12,15-20,41H,5,7,13-14,21H2,1-4H3,(H,42,43)/b31-19-. The van der Waals surface area contributed by atoms with Crippen molar-refractivity contribution in [2.24, 2.45) is 5.41 Å². The van der Waals surface area contributed by atoms with Crippen LogP contribution in [0.2, 0.25) is 0 Å². The minimum Gasteiger partial charge on any atom is -0.462 e. The van der Waals surface area contributed by atoms with Crippen LogP contribution in [0.1, 0.15) is 63.8 Å². The first kappa shape index (κ1) is 34.8. The molecule has 1 unspecified atom stereocenters. The molecule has 0 saturated heterocycles. The van der Waals surface area contributed by atoms with Gasteiger partial charge in [0.2, 0.25) is 0 Å². The van der Waals surface area contributed by atoms with Gasteiger partial charge in [-0.2, -0.15) is 0 Å². The van der Waals surface area contributed by atoms with Crippen LogP contribution in [0, 0.1) is 20.6 Å². The lowest BCUT2D eigenvalue weighted by Gasteiger charge is -2.31. The van der Waals surface area contributed by atoms with Crippen LogP contribution in [0.4, 0.5) is 8.78 Å². The SMILES string of the molecule is CCOC(=O)/C1=C/C(C)(C)CCCC(C)(c2cccc(I)c2)c2cnc([nH]2)-c2cc(ccc2F)Oc2c(F)cc3[nH]ccc3c2CS1(=O)=O. The second-order valence-electron chi connectivity index (χ2n) is 13.2. The Kier molecular flexibility index (Phi) is 9.48. The lowest BCUT2D eigenvalue weighted by molar-refractivity contribution is -0.137. The van der Waals surface area contributed by atoms with Crippen molar-refractivity contribution in [3.8, 4) is 22.9 Å². The lowest BCUT2D eigenvalue weighted by Crippen LogP contribution is -2.26. The summed E-state index contributed by atoms with van der Waals surface area (Å²) in [4.78, 5) is 23.7. The Balaban J connectivity index is 1.58. The molecular weight excluding hydrogens is 763 g/mol. The third-order valence-electron chi connectivity index (χ3n) is 9.08. The van der Waals surface area contributed by atoms with E-state index in [0.29, 0.717) is 30.2 Å². The molecule has 6 rings (SSSR count). The number of hydrogen-bond acceptors (Lipinski definition) is 6. The number of hydrogen-bond donors (Lipinski definition) is 2. The molecule has 0 fully saturated rings. The number of sulfone groups is 1. The number of aromatic nitrogens is 3. The third kappa shape index (κ3) is 7.03. The number of imidazole rings is 1. The summed E-state index contributed by atoms with van der Waals surface area (Å²) >= 11 is 2.26. The fourth-order valence-electron chi connectivity index (χ4n) is 6.42. The molecule has 0 aliphatic carbocycles. The second-order valence-corrected chi connectivity index (χ2v) is 16.4. The smallest absolute Gasteiger partial charge is 0.349 e. The van der Waals surface area contributed by atoms with Crippen molar-refractivity contribution in [3.63, 3.8) is 0 Å². The quantitative estimate of drug-likeness (QED) is 0.139. The first-order valence-electron chi connectivity index (χ1n) is 15.9. The van der Waals surface area contributed by atoms with Crippen molar-refractivity contribution in [2.45, 2.75) is 58.1 Å². The number of ether oxygens (including phenoxy) is 2. The molecule has 3 aromatic carbocycles. The van der Waals surface area contributed by atoms with Gasteiger partial charge in [0.05, 0.1) is 17.9 Å². The van der Waals surface area contributed by atoms with E-state index in [9.17, 15) is 13.2 Å². The highest BCUT2D eigenvalue weighted by Crippen LogP contribution is 2.42. The fourth-order valence-corrected chi connectivity index (χ4v) is 8.60. The highest BCUT2D eigenvalue weighted by atomic mass is 127. The van der Waals surface area contributed by atoms with E-state index in [2.05, 4.69) is 50.5 Å². The molecule has 8 nitrogen and oxygen atoms in total. The Hall–Kier alpha value is -4.04. The van der Waals surface area contributed by atoms with Crippen LogP contribution in [0.15, 0.2) is 78.0 Å². The minimum absolute atomic E-state index is 0.00444. The summed E-state index contributed by atoms with van der Waals surface area (Å²) < 4.78 is 72.1. The van der Waals surface area contributed by atoms with Gasteiger partial charge in [-0.05, 0) is 96.7 Å². The van der Waals surface area contributed by atoms with E-state index in [1.54, 1.807) is 25.4 Å². The van der Waals surface area contributed by atoms with Gasteiger partial charge in [-0.3, -0.25) is 0 Å². The molecule has 1 aliphatic heterocycles. The van der Waals surface area contributed by atoms with E-state index in [1.807, 2.05) is 32.0 Å². The molecule has 12 heteroatoms. The van der Waals surface area contributed by atoms with Crippen molar-refractivity contribution in [1.82, 2.24) is 15.0 Å². The predicted octanol–water partition coefficient (Wildman–Crippen LogP) is 9.11. The third-order valence-corrected chi connectivity index (χ3v) is 11.4. The van der Waals surface area contributed by atoms with E-state index >= 15 is 8.78 Å². The van der Waals surface area contributed by atoms with Crippen LogP contribution < -0.4 is 4.74 Å². The van der Waals surface area contributed by atoms with Crippen LogP contribution in [0.25, 0.3) is 22.3 Å². The summed E-state index contributed by atoms with van der Waals surface area (Å²) in [6, 6.07) is 14.8. The Morgan fingerprint density at radius 2 is 1.86 bits per heavy atom. The van der Waals surface area contributed by atoms with Gasteiger partial charge in [0.1, 0.15) is 22.3 Å². The van der Waals surface area contributed by atoms with Crippen LogP contribution in [0.5, 0.6) is 11.5 Å². The first-order chi connectivity index (χ1) is 23.2. The summed E-state index contributed by atoms with van der Waals surface area (Å²) in [7, 11) is -4.42. The normalized spacial score (nSPS) is 20.3. The van der Waals surface area contributed by atoms with Gasteiger partial charge in [-0.15, -0.1) is 0 Å². The molecule has 2 N–H and O–H groups in total. The van der Waals surface area contributed by atoms with E-state index in [-0.39, 0.29) is 35.1 Å². The van der Waals surface area contributed by atoms with Crippen molar-refractivity contribution in [3.05, 3.63) is 110 Å². The van der Waals surface area contributed by atoms with E-state index < -0.39 is 48.9 Å². The van der Waals surface area contributed by atoms with Crippen molar-refractivity contribution in [2.75, 3.05) is 6.61 Å². The average Bonchev–Trinajstić information content (AvgIpc) is 3.72. The molecule has 256 valence electrons. The topological polar surface area (TPSA) is 114 Å². The zero-order valence-corrected chi connectivity index (χ0v) is 30.5. The molecule has 3 heterocycles. The van der Waals surface area contributed by atoms with Gasteiger partial charge in [0.25, 0.3) is 0 Å². The molecule has 5 aromatic rings. The Morgan fingerprint density at radius 3 is 2.61 bits per heavy atom. The molecule has 0 radical (unpaired) electrons. The number of aromatic amines is 2. The highest BCUT2D eigenvalue weighted by Gasteiger charge is 2.35. The van der Waals surface area contributed by atoms with Gasteiger partial charge in [-0.25, -0.2) is 27.0 Å². The maximum absolute atomic E-state index is 15.8. The van der Waals surface area contributed by atoms with Crippen LogP contribution >= 0.6 is 22.6 Å². The molecule has 1 atom stereocenters. The molecule has 1 aliphatic rings. The largest absolute Gasteiger partial charge is 0.462 e. The number of carbonyl (C=O) groups is 1. The zero-order valence-electron chi connectivity index (χ0n) is 27.5. The number of fused-ring (bicyclic) bond motifs is 8. The monoisotopic (exact) mass is 799 g/mol. The second kappa shape index (κ2) is 13.3. The summed E-state index contributed by atoms with van der Waals surface area (Å²) in [5.41, 5.74) is 0.863. The van der Waals surface area contributed by atoms with Gasteiger partial charge < -0.3 is 19.4 Å². The lowest BCUT2D eigenvalue weighted by atomic mass is 9.74. The van der Waals surface area contributed by atoms with Gasteiger partial charge in [0, 0.05) is 49.6 Å². The maximum Gasteiger partial charge on any atom is 0.349 e. The van der Waals surface area contributed by atoms with Gasteiger partial charge >= 0.3 is 5.97 Å². The van der Waals surface area contributed by atoms with Gasteiger partial charge in [0.15, 0.2) is 21.4 Å². The number of halogens is 3. The van der Waals surface area contributed by atoms with Crippen molar-refractivity contribution in [1.29, 1.82) is 0 Å². The molecule has 0 saturated carbocycles. The Bertz CT molecular complexity index is 2210. The van der Waals surface area contributed by atoms with Crippen molar-refractivity contribution < 1.29 is 31.5 Å². The number of benzene rings is 3. The molecule has 2 aromatic heterocycles. The number of carbonyl (C=O) groups excluding carboxylic acids is 1. The number of H-pyrrole nitrogens is 2. The van der Waals surface area contributed by atoms with Crippen LogP contribution in [-0.4, -0.2) is 35.9 Å².